The maximum Gasteiger partial charge on any atom is 0.274 e. The summed E-state index contributed by atoms with van der Waals surface area (Å²) in [5.41, 5.74) is 2.40. The van der Waals surface area contributed by atoms with E-state index in [1.165, 1.54) is 10.6 Å². The first-order chi connectivity index (χ1) is 15.0. The fraction of sp³-hybridized carbons (Fsp3) is 0.130. The van der Waals surface area contributed by atoms with E-state index in [4.69, 9.17) is 0 Å². The fourth-order valence-corrected chi connectivity index (χ4v) is 3.63. The zero-order chi connectivity index (χ0) is 21.5. The molecule has 31 heavy (non-hydrogen) atoms. The van der Waals surface area contributed by atoms with Gasteiger partial charge in [0.25, 0.3) is 11.5 Å². The van der Waals surface area contributed by atoms with Crippen molar-refractivity contribution in [2.75, 3.05) is 0 Å². The minimum Gasteiger partial charge on any atom is -0.342 e. The van der Waals surface area contributed by atoms with Crippen molar-refractivity contribution < 1.29 is 4.79 Å². The topological polar surface area (TPSA) is 97.1 Å². The predicted octanol–water partition coefficient (Wildman–Crippen LogP) is 3.07. The Balaban J connectivity index is 1.47. The zero-order valence-corrected chi connectivity index (χ0v) is 17.0. The molecule has 0 aliphatic rings. The first-order valence-corrected chi connectivity index (χ1v) is 9.90. The van der Waals surface area contributed by atoms with Gasteiger partial charge in [-0.25, -0.2) is 4.52 Å². The molecular formula is C23H20N6O2. The number of hydrogen-bond acceptors (Lipinski definition) is 4. The quantitative estimate of drug-likeness (QED) is 0.474. The lowest BCUT2D eigenvalue weighted by molar-refractivity contribution is 0.0933. The van der Waals surface area contributed by atoms with E-state index in [9.17, 15) is 9.59 Å². The molecule has 3 heterocycles. The summed E-state index contributed by atoms with van der Waals surface area (Å²) in [6.07, 6.45) is 3.54. The number of nitrogens with zero attached hydrogens (tertiary/aromatic N) is 4. The van der Waals surface area contributed by atoms with Crippen molar-refractivity contribution in [3.8, 4) is 11.3 Å². The molecule has 2 aromatic carbocycles. The van der Waals surface area contributed by atoms with Crippen molar-refractivity contribution in [2.45, 2.75) is 13.0 Å². The van der Waals surface area contributed by atoms with Crippen LogP contribution < -0.4 is 10.9 Å². The van der Waals surface area contributed by atoms with Crippen LogP contribution in [0.25, 0.3) is 27.5 Å². The van der Waals surface area contributed by atoms with Crippen LogP contribution in [0.1, 0.15) is 29.1 Å². The number of hydrogen-bond donors (Lipinski definition) is 2. The SMILES string of the molecule is CC(NC(=O)c1cc2c(=O)[nH]c(-c3ccc4ccccc4c3)cn2n1)c1ccn(C)n1. The summed E-state index contributed by atoms with van der Waals surface area (Å²) in [6.45, 7) is 1.85. The summed E-state index contributed by atoms with van der Waals surface area (Å²) in [6, 6.07) is 17.0. The van der Waals surface area contributed by atoms with E-state index < -0.39 is 0 Å². The molecule has 0 aliphatic heterocycles. The first-order valence-electron chi connectivity index (χ1n) is 9.90. The van der Waals surface area contributed by atoms with Gasteiger partial charge in [-0.3, -0.25) is 14.3 Å². The zero-order valence-electron chi connectivity index (χ0n) is 17.0. The van der Waals surface area contributed by atoms with Gasteiger partial charge in [0.05, 0.1) is 23.6 Å². The highest BCUT2D eigenvalue weighted by Crippen LogP contribution is 2.22. The van der Waals surface area contributed by atoms with E-state index in [1.807, 2.05) is 68.7 Å². The van der Waals surface area contributed by atoms with Gasteiger partial charge in [-0.15, -0.1) is 0 Å². The third kappa shape index (κ3) is 3.48. The minimum absolute atomic E-state index is 0.170. The number of nitrogens with one attached hydrogen (secondary N) is 2. The molecule has 3 aromatic heterocycles. The number of carbonyl (C=O) groups excluding carboxylic acids is 1. The Bertz CT molecular complexity index is 1490. The Hall–Kier alpha value is -4.20. The van der Waals surface area contributed by atoms with Gasteiger partial charge in [-0.1, -0.05) is 36.4 Å². The minimum atomic E-state index is -0.367. The summed E-state index contributed by atoms with van der Waals surface area (Å²) in [4.78, 5) is 28.2. The van der Waals surface area contributed by atoms with Gasteiger partial charge >= 0.3 is 0 Å². The van der Waals surface area contributed by atoms with E-state index in [1.54, 1.807) is 10.9 Å². The number of aryl methyl sites for hydroxylation is 1. The van der Waals surface area contributed by atoms with E-state index in [-0.39, 0.29) is 23.2 Å². The van der Waals surface area contributed by atoms with Gasteiger partial charge in [0.2, 0.25) is 0 Å². The van der Waals surface area contributed by atoms with Crippen LogP contribution in [0.4, 0.5) is 0 Å². The molecule has 0 fully saturated rings. The molecule has 154 valence electrons. The average molecular weight is 412 g/mol. The summed E-state index contributed by atoms with van der Waals surface area (Å²) in [7, 11) is 1.82. The second kappa shape index (κ2) is 7.24. The summed E-state index contributed by atoms with van der Waals surface area (Å²) >= 11 is 0. The maximum absolute atomic E-state index is 12.7. The molecular weight excluding hydrogens is 392 g/mol. The van der Waals surface area contributed by atoms with Crippen LogP contribution in [0.15, 0.2) is 71.8 Å². The molecule has 1 atom stereocenters. The Morgan fingerprint density at radius 3 is 2.65 bits per heavy atom. The number of benzene rings is 2. The van der Waals surface area contributed by atoms with Crippen LogP contribution in [-0.4, -0.2) is 30.3 Å². The largest absolute Gasteiger partial charge is 0.342 e. The molecule has 0 aliphatic carbocycles. The number of H-pyrrole nitrogens is 1. The number of fused-ring (bicyclic) bond motifs is 2. The smallest absolute Gasteiger partial charge is 0.274 e. The lowest BCUT2D eigenvalue weighted by atomic mass is 10.1. The highest BCUT2D eigenvalue weighted by molar-refractivity contribution is 5.93. The van der Waals surface area contributed by atoms with Crippen molar-refractivity contribution in [1.82, 2.24) is 29.7 Å². The number of carbonyl (C=O) groups is 1. The highest BCUT2D eigenvalue weighted by atomic mass is 16.2. The van der Waals surface area contributed by atoms with Crippen LogP contribution in [0.3, 0.4) is 0 Å². The van der Waals surface area contributed by atoms with Gasteiger partial charge in [0, 0.05) is 24.9 Å². The van der Waals surface area contributed by atoms with Crippen molar-refractivity contribution in [2.24, 2.45) is 7.05 Å². The molecule has 5 rings (SSSR count). The Morgan fingerprint density at radius 1 is 1.06 bits per heavy atom. The normalized spacial score (nSPS) is 12.3. The van der Waals surface area contributed by atoms with Crippen molar-refractivity contribution in [3.63, 3.8) is 0 Å². The van der Waals surface area contributed by atoms with E-state index in [0.717, 1.165) is 22.0 Å². The number of rotatable bonds is 4. The summed E-state index contributed by atoms with van der Waals surface area (Å²) in [5, 5.41) is 13.7. The third-order valence-corrected chi connectivity index (χ3v) is 5.29. The molecule has 0 radical (unpaired) electrons. The standard InChI is InChI=1S/C23H20N6O2/c1-14(18-9-10-28(2)26-18)24-22(30)19-12-21-23(31)25-20(13-29(21)27-19)17-8-7-15-5-3-4-6-16(15)11-17/h3-14H,1-2H3,(H,24,30)(H,25,31). The van der Waals surface area contributed by atoms with Crippen molar-refractivity contribution >= 4 is 22.2 Å². The van der Waals surface area contributed by atoms with Crippen LogP contribution in [0, 0.1) is 0 Å². The molecule has 1 amide bonds. The van der Waals surface area contributed by atoms with Crippen LogP contribution in [0.2, 0.25) is 0 Å². The predicted molar refractivity (Wildman–Crippen MR) is 118 cm³/mol. The lowest BCUT2D eigenvalue weighted by Crippen LogP contribution is -2.27. The van der Waals surface area contributed by atoms with Crippen molar-refractivity contribution in [3.05, 3.63) is 88.7 Å². The lowest BCUT2D eigenvalue weighted by Gasteiger charge is -2.09. The van der Waals surface area contributed by atoms with Gasteiger partial charge in [-0.2, -0.15) is 10.2 Å². The van der Waals surface area contributed by atoms with Gasteiger partial charge < -0.3 is 10.3 Å². The van der Waals surface area contributed by atoms with Crippen LogP contribution in [-0.2, 0) is 7.05 Å². The Kier molecular flexibility index (Phi) is 4.39. The maximum atomic E-state index is 12.7. The monoisotopic (exact) mass is 412 g/mol. The van der Waals surface area contributed by atoms with Crippen LogP contribution in [0.5, 0.6) is 0 Å². The van der Waals surface area contributed by atoms with Crippen LogP contribution >= 0.6 is 0 Å². The molecule has 8 heteroatoms. The summed E-state index contributed by atoms with van der Waals surface area (Å²) in [5.74, 6) is -0.367. The Morgan fingerprint density at radius 2 is 1.87 bits per heavy atom. The Labute approximate surface area is 177 Å². The number of aromatic amines is 1. The van der Waals surface area contributed by atoms with E-state index in [2.05, 4.69) is 20.5 Å². The first kappa shape index (κ1) is 18.8. The van der Waals surface area contributed by atoms with E-state index >= 15 is 0 Å². The molecule has 0 saturated carbocycles. The molecule has 2 N–H and O–H groups in total. The highest BCUT2D eigenvalue weighted by Gasteiger charge is 2.17. The second-order valence-electron chi connectivity index (χ2n) is 7.53. The van der Waals surface area contributed by atoms with Crippen molar-refractivity contribution in [1.29, 1.82) is 0 Å². The molecule has 0 bridgehead atoms. The number of amides is 1. The van der Waals surface area contributed by atoms with Gasteiger partial charge in [-0.05, 0) is 29.8 Å². The molecule has 1 unspecified atom stereocenters. The van der Waals surface area contributed by atoms with Gasteiger partial charge in [0.15, 0.2) is 5.69 Å². The van der Waals surface area contributed by atoms with E-state index in [0.29, 0.717) is 11.2 Å². The number of aromatic nitrogens is 5. The third-order valence-electron chi connectivity index (χ3n) is 5.29. The average Bonchev–Trinajstić information content (AvgIpc) is 3.40. The molecule has 0 spiro atoms. The molecule has 0 saturated heterocycles. The summed E-state index contributed by atoms with van der Waals surface area (Å²) < 4.78 is 3.13. The molecule has 8 nitrogen and oxygen atoms in total. The van der Waals surface area contributed by atoms with Gasteiger partial charge in [0.1, 0.15) is 5.52 Å². The fourth-order valence-electron chi connectivity index (χ4n) is 3.63. The molecule has 5 aromatic rings. The second-order valence-corrected chi connectivity index (χ2v) is 7.53.